The smallest absolute Gasteiger partial charge is 0.272 e. The topological polar surface area (TPSA) is 51.7 Å². The van der Waals surface area contributed by atoms with Crippen LogP contribution < -0.4 is 9.47 Å². The molecule has 1 amide bonds. The zero-order valence-corrected chi connectivity index (χ0v) is 15.5. The van der Waals surface area contributed by atoms with Crippen LogP contribution in [0.3, 0.4) is 0 Å². The summed E-state index contributed by atoms with van der Waals surface area (Å²) >= 11 is 0. The Labute approximate surface area is 158 Å². The van der Waals surface area contributed by atoms with E-state index in [2.05, 4.69) is 4.98 Å². The number of carbonyl (C=O) groups is 1. The second-order valence-corrected chi connectivity index (χ2v) is 6.65. The number of para-hydroxylation sites is 1. The molecule has 2 aromatic carbocycles. The maximum absolute atomic E-state index is 13.2. The molecular formula is C22H22N2O3. The number of carbonyl (C=O) groups excluding carboxylic acids is 1. The summed E-state index contributed by atoms with van der Waals surface area (Å²) in [4.78, 5) is 19.7. The molecular weight excluding hydrogens is 340 g/mol. The lowest BCUT2D eigenvalue weighted by molar-refractivity contribution is 0.0728. The van der Waals surface area contributed by atoms with Gasteiger partial charge in [-0.25, -0.2) is 4.98 Å². The van der Waals surface area contributed by atoms with Crippen molar-refractivity contribution in [2.75, 3.05) is 20.8 Å². The van der Waals surface area contributed by atoms with Crippen LogP contribution in [0.1, 0.15) is 34.9 Å². The van der Waals surface area contributed by atoms with E-state index in [4.69, 9.17) is 9.47 Å². The Bertz CT molecular complexity index is 986. The highest BCUT2D eigenvalue weighted by molar-refractivity contribution is 5.95. The molecule has 0 spiro atoms. The average molecular weight is 362 g/mol. The predicted molar refractivity (Wildman–Crippen MR) is 104 cm³/mol. The van der Waals surface area contributed by atoms with Gasteiger partial charge in [0.2, 0.25) is 0 Å². The molecule has 1 aliphatic heterocycles. The minimum atomic E-state index is -0.0406. The van der Waals surface area contributed by atoms with Gasteiger partial charge in [0.05, 0.1) is 25.8 Å². The van der Waals surface area contributed by atoms with E-state index in [1.165, 1.54) is 0 Å². The Kier molecular flexibility index (Phi) is 4.67. The van der Waals surface area contributed by atoms with E-state index in [0.29, 0.717) is 12.2 Å². The van der Waals surface area contributed by atoms with Crippen molar-refractivity contribution >= 4 is 16.8 Å². The maximum Gasteiger partial charge on any atom is 0.272 e. The number of methoxy groups -OCH3 is 2. The van der Waals surface area contributed by atoms with Crippen molar-refractivity contribution in [3.8, 4) is 11.5 Å². The van der Waals surface area contributed by atoms with Crippen LogP contribution in [-0.2, 0) is 0 Å². The second-order valence-electron chi connectivity index (χ2n) is 6.65. The first kappa shape index (κ1) is 17.3. The molecule has 4 rings (SSSR count). The standard InChI is InChI=1S/C22H22N2O3/c1-26-16-10-11-17(21(14-16)27-2)20-8-5-13-24(20)22(25)19-12-9-15-6-3-4-7-18(15)23-19/h3-4,6-7,9-12,14,20H,5,8,13H2,1-2H3/t20-/m0/s1. The van der Waals surface area contributed by atoms with Gasteiger partial charge in [0.25, 0.3) is 5.91 Å². The molecule has 3 aromatic rings. The summed E-state index contributed by atoms with van der Waals surface area (Å²) in [7, 11) is 3.27. The first-order valence-electron chi connectivity index (χ1n) is 9.10. The van der Waals surface area contributed by atoms with E-state index < -0.39 is 0 Å². The van der Waals surface area contributed by atoms with Crippen LogP contribution in [0.25, 0.3) is 10.9 Å². The third kappa shape index (κ3) is 3.21. The predicted octanol–water partition coefficient (Wildman–Crippen LogP) is 4.23. The Morgan fingerprint density at radius 2 is 1.93 bits per heavy atom. The van der Waals surface area contributed by atoms with E-state index in [1.54, 1.807) is 14.2 Å². The van der Waals surface area contributed by atoms with E-state index in [9.17, 15) is 4.79 Å². The number of benzene rings is 2. The number of amides is 1. The Morgan fingerprint density at radius 3 is 2.74 bits per heavy atom. The first-order chi connectivity index (χ1) is 13.2. The normalized spacial score (nSPS) is 16.5. The van der Waals surface area contributed by atoms with Crippen molar-refractivity contribution in [3.63, 3.8) is 0 Å². The van der Waals surface area contributed by atoms with Crippen LogP contribution >= 0.6 is 0 Å². The highest BCUT2D eigenvalue weighted by atomic mass is 16.5. The Balaban J connectivity index is 1.67. The van der Waals surface area contributed by atoms with Gasteiger partial charge in [-0.05, 0) is 37.1 Å². The lowest BCUT2D eigenvalue weighted by atomic mass is 10.0. The zero-order chi connectivity index (χ0) is 18.8. The molecule has 138 valence electrons. The summed E-state index contributed by atoms with van der Waals surface area (Å²) < 4.78 is 10.8. The molecule has 5 heteroatoms. The van der Waals surface area contributed by atoms with Crippen LogP contribution in [0, 0.1) is 0 Å². The lowest BCUT2D eigenvalue weighted by Gasteiger charge is -2.26. The monoisotopic (exact) mass is 362 g/mol. The molecule has 0 saturated carbocycles. The number of likely N-dealkylation sites (tertiary alicyclic amines) is 1. The fourth-order valence-electron chi connectivity index (χ4n) is 3.76. The summed E-state index contributed by atoms with van der Waals surface area (Å²) in [6.07, 6.45) is 1.86. The number of ether oxygens (including phenoxy) is 2. The Morgan fingerprint density at radius 1 is 1.07 bits per heavy atom. The average Bonchev–Trinajstić information content (AvgIpc) is 3.21. The first-order valence-corrected chi connectivity index (χ1v) is 9.10. The quantitative estimate of drug-likeness (QED) is 0.697. The number of fused-ring (bicyclic) bond motifs is 1. The van der Waals surface area contributed by atoms with Crippen molar-refractivity contribution in [1.82, 2.24) is 9.88 Å². The molecule has 1 fully saturated rings. The largest absolute Gasteiger partial charge is 0.497 e. The molecule has 1 aliphatic rings. The molecule has 1 aromatic heterocycles. The molecule has 2 heterocycles. The van der Waals surface area contributed by atoms with E-state index in [-0.39, 0.29) is 11.9 Å². The van der Waals surface area contributed by atoms with Crippen LogP contribution in [0.4, 0.5) is 0 Å². The minimum absolute atomic E-state index is 0.0216. The van der Waals surface area contributed by atoms with E-state index in [1.807, 2.05) is 59.5 Å². The summed E-state index contributed by atoms with van der Waals surface area (Å²) in [6, 6.07) is 17.3. The summed E-state index contributed by atoms with van der Waals surface area (Å²) in [5, 5.41) is 1.03. The van der Waals surface area contributed by atoms with E-state index in [0.717, 1.165) is 40.8 Å². The fourth-order valence-corrected chi connectivity index (χ4v) is 3.76. The fraction of sp³-hybridized carbons (Fsp3) is 0.273. The number of hydrogen-bond donors (Lipinski definition) is 0. The molecule has 0 aliphatic carbocycles. The highest BCUT2D eigenvalue weighted by Crippen LogP contribution is 2.39. The second kappa shape index (κ2) is 7.27. The van der Waals surface area contributed by atoms with Gasteiger partial charge in [0.15, 0.2) is 0 Å². The third-order valence-corrected chi connectivity index (χ3v) is 5.13. The van der Waals surface area contributed by atoms with Crippen molar-refractivity contribution in [2.45, 2.75) is 18.9 Å². The van der Waals surface area contributed by atoms with E-state index >= 15 is 0 Å². The van der Waals surface area contributed by atoms with Crippen molar-refractivity contribution in [1.29, 1.82) is 0 Å². The SMILES string of the molecule is COc1ccc([C@@H]2CCCN2C(=O)c2ccc3ccccc3n2)c(OC)c1. The van der Waals surface area contributed by atoms with Gasteiger partial charge >= 0.3 is 0 Å². The Hall–Kier alpha value is -3.08. The van der Waals surface area contributed by atoms with Crippen molar-refractivity contribution in [3.05, 3.63) is 65.9 Å². The van der Waals surface area contributed by atoms with Gasteiger partial charge in [0.1, 0.15) is 17.2 Å². The summed E-state index contributed by atoms with van der Waals surface area (Å²) in [6.45, 7) is 0.715. The highest BCUT2D eigenvalue weighted by Gasteiger charge is 2.33. The number of rotatable bonds is 4. The molecule has 0 bridgehead atoms. The third-order valence-electron chi connectivity index (χ3n) is 5.13. The number of pyridine rings is 1. The van der Waals surface area contributed by atoms with Gasteiger partial charge in [-0.15, -0.1) is 0 Å². The lowest BCUT2D eigenvalue weighted by Crippen LogP contribution is -2.31. The molecule has 0 unspecified atom stereocenters. The summed E-state index contributed by atoms with van der Waals surface area (Å²) in [5.41, 5.74) is 2.32. The van der Waals surface area contributed by atoms with Crippen LogP contribution in [0.5, 0.6) is 11.5 Å². The number of nitrogens with zero attached hydrogens (tertiary/aromatic N) is 2. The van der Waals surface area contributed by atoms with Crippen molar-refractivity contribution in [2.24, 2.45) is 0 Å². The molecule has 0 radical (unpaired) electrons. The van der Waals surface area contributed by atoms with Crippen LogP contribution in [-0.4, -0.2) is 36.6 Å². The van der Waals surface area contributed by atoms with Crippen molar-refractivity contribution < 1.29 is 14.3 Å². The number of hydrogen-bond acceptors (Lipinski definition) is 4. The molecule has 27 heavy (non-hydrogen) atoms. The van der Waals surface area contributed by atoms with Gasteiger partial charge in [0, 0.05) is 23.6 Å². The molecule has 1 saturated heterocycles. The van der Waals surface area contributed by atoms with Gasteiger partial charge in [-0.3, -0.25) is 4.79 Å². The molecule has 5 nitrogen and oxygen atoms in total. The number of aromatic nitrogens is 1. The van der Waals surface area contributed by atoms with Gasteiger partial charge in [-0.1, -0.05) is 24.3 Å². The molecule has 1 atom stereocenters. The maximum atomic E-state index is 13.2. The van der Waals surface area contributed by atoms with Crippen LogP contribution in [0.2, 0.25) is 0 Å². The minimum Gasteiger partial charge on any atom is -0.497 e. The summed E-state index contributed by atoms with van der Waals surface area (Å²) in [5.74, 6) is 1.44. The zero-order valence-electron chi connectivity index (χ0n) is 15.5. The molecule has 0 N–H and O–H groups in total. The van der Waals surface area contributed by atoms with Gasteiger partial charge in [-0.2, -0.15) is 0 Å². The van der Waals surface area contributed by atoms with Gasteiger partial charge < -0.3 is 14.4 Å². The van der Waals surface area contributed by atoms with Crippen LogP contribution in [0.15, 0.2) is 54.6 Å².